The van der Waals surface area contributed by atoms with Crippen molar-refractivity contribution in [3.05, 3.63) is 36.4 Å². The van der Waals surface area contributed by atoms with E-state index in [1.165, 1.54) is 34.7 Å². The SMILES string of the molecule is O=C(CSc1nnc(NC[C@H]2CCCO2)s1)Nc1cc(C(F)(F)F)ccc1-n1cncn1. The first-order valence-electron chi connectivity index (χ1n) is 9.56. The fourth-order valence-electron chi connectivity index (χ4n) is 3.00. The van der Waals surface area contributed by atoms with Crippen LogP contribution in [-0.4, -0.2) is 55.9 Å². The van der Waals surface area contributed by atoms with Crippen molar-refractivity contribution in [2.75, 3.05) is 29.5 Å². The zero-order valence-corrected chi connectivity index (χ0v) is 18.1. The maximum absolute atomic E-state index is 13.1. The topological polar surface area (TPSA) is 107 Å². The molecule has 0 radical (unpaired) electrons. The van der Waals surface area contributed by atoms with Gasteiger partial charge in [0.2, 0.25) is 11.0 Å². The van der Waals surface area contributed by atoms with Gasteiger partial charge in [-0.15, -0.1) is 10.2 Å². The van der Waals surface area contributed by atoms with Gasteiger partial charge < -0.3 is 15.4 Å². The monoisotopic (exact) mass is 485 g/mol. The van der Waals surface area contributed by atoms with Gasteiger partial charge in [0.15, 0.2) is 4.34 Å². The molecule has 1 fully saturated rings. The molecular weight excluding hydrogens is 467 g/mol. The van der Waals surface area contributed by atoms with Crippen LogP contribution in [0.5, 0.6) is 0 Å². The van der Waals surface area contributed by atoms with Crippen molar-refractivity contribution >= 4 is 39.8 Å². The minimum absolute atomic E-state index is 0.0212. The molecule has 1 aliphatic rings. The van der Waals surface area contributed by atoms with Crippen molar-refractivity contribution < 1.29 is 22.7 Å². The Morgan fingerprint density at radius 3 is 2.94 bits per heavy atom. The highest BCUT2D eigenvalue weighted by molar-refractivity contribution is 8.01. The molecule has 0 aliphatic carbocycles. The predicted molar refractivity (Wildman–Crippen MR) is 113 cm³/mol. The van der Waals surface area contributed by atoms with Crippen LogP contribution in [-0.2, 0) is 15.7 Å². The van der Waals surface area contributed by atoms with Crippen LogP contribution in [0, 0.1) is 0 Å². The summed E-state index contributed by atoms with van der Waals surface area (Å²) < 4.78 is 46.8. The maximum Gasteiger partial charge on any atom is 0.416 e. The molecule has 0 spiro atoms. The van der Waals surface area contributed by atoms with E-state index in [-0.39, 0.29) is 23.2 Å². The number of halogens is 3. The quantitative estimate of drug-likeness (QED) is 0.467. The van der Waals surface area contributed by atoms with Crippen molar-refractivity contribution in [3.8, 4) is 5.69 Å². The molecule has 14 heteroatoms. The third-order valence-electron chi connectivity index (χ3n) is 4.50. The van der Waals surface area contributed by atoms with Crippen LogP contribution in [0.2, 0.25) is 0 Å². The lowest BCUT2D eigenvalue weighted by Crippen LogP contribution is -2.18. The van der Waals surface area contributed by atoms with Crippen molar-refractivity contribution in [3.63, 3.8) is 0 Å². The Morgan fingerprint density at radius 1 is 1.34 bits per heavy atom. The number of carbonyl (C=O) groups is 1. The van der Waals surface area contributed by atoms with Crippen LogP contribution in [0.3, 0.4) is 0 Å². The van der Waals surface area contributed by atoms with E-state index in [2.05, 4.69) is 30.9 Å². The van der Waals surface area contributed by atoms with E-state index in [1.54, 1.807) is 0 Å². The van der Waals surface area contributed by atoms with E-state index >= 15 is 0 Å². The zero-order valence-electron chi connectivity index (χ0n) is 16.5. The van der Waals surface area contributed by atoms with E-state index in [4.69, 9.17) is 4.74 Å². The molecule has 0 saturated carbocycles. The third kappa shape index (κ3) is 5.75. The summed E-state index contributed by atoms with van der Waals surface area (Å²) in [5.41, 5.74) is -0.632. The molecule has 4 rings (SSSR count). The number of benzene rings is 1. The molecule has 2 N–H and O–H groups in total. The molecule has 1 amide bonds. The Morgan fingerprint density at radius 2 is 2.22 bits per heavy atom. The number of alkyl halides is 3. The van der Waals surface area contributed by atoms with Gasteiger partial charge in [-0.25, -0.2) is 9.67 Å². The van der Waals surface area contributed by atoms with Crippen LogP contribution in [0.4, 0.5) is 24.0 Å². The van der Waals surface area contributed by atoms with E-state index in [1.807, 2.05) is 0 Å². The van der Waals surface area contributed by atoms with E-state index in [0.29, 0.717) is 16.0 Å². The molecule has 1 atom stereocenters. The fourth-order valence-corrected chi connectivity index (χ4v) is 4.56. The zero-order chi connectivity index (χ0) is 22.6. The number of anilines is 2. The minimum atomic E-state index is -4.55. The summed E-state index contributed by atoms with van der Waals surface area (Å²) in [6, 6.07) is 3.03. The second-order valence-electron chi connectivity index (χ2n) is 6.80. The van der Waals surface area contributed by atoms with Gasteiger partial charge in [-0.05, 0) is 31.0 Å². The largest absolute Gasteiger partial charge is 0.416 e. The number of rotatable bonds is 8. The van der Waals surface area contributed by atoms with Gasteiger partial charge in [-0.3, -0.25) is 4.79 Å². The second kappa shape index (κ2) is 9.83. The highest BCUT2D eigenvalue weighted by Crippen LogP contribution is 2.33. The maximum atomic E-state index is 13.1. The summed E-state index contributed by atoms with van der Waals surface area (Å²) in [6.45, 7) is 1.41. The Kier molecular flexibility index (Phi) is 6.91. The number of hydrogen-bond donors (Lipinski definition) is 2. The Bertz CT molecular complexity index is 1050. The lowest BCUT2D eigenvalue weighted by atomic mass is 10.1. The summed E-state index contributed by atoms with van der Waals surface area (Å²) in [7, 11) is 0. The standard InChI is InChI=1S/C18H18F3N7O2S2/c19-18(20,21)11-3-4-14(28-10-22-9-24-28)13(6-11)25-15(29)8-31-17-27-26-16(32-17)23-7-12-2-1-5-30-12/h3-4,6,9-10,12H,1-2,5,7-8H2,(H,23,26)(H,25,29)/t12-/m1/s1. The molecule has 1 aromatic carbocycles. The van der Waals surface area contributed by atoms with Gasteiger partial charge in [0.1, 0.15) is 12.7 Å². The summed E-state index contributed by atoms with van der Waals surface area (Å²) in [5.74, 6) is -0.535. The van der Waals surface area contributed by atoms with Crippen LogP contribution in [0.25, 0.3) is 5.69 Å². The van der Waals surface area contributed by atoms with Gasteiger partial charge in [0, 0.05) is 13.2 Å². The normalized spacial score (nSPS) is 16.3. The molecule has 9 nitrogen and oxygen atoms in total. The van der Waals surface area contributed by atoms with Crippen molar-refractivity contribution in [2.45, 2.75) is 29.5 Å². The smallest absolute Gasteiger partial charge is 0.376 e. The summed E-state index contributed by atoms with van der Waals surface area (Å²) in [4.78, 5) is 16.2. The fraction of sp³-hybridized carbons (Fsp3) is 0.389. The second-order valence-corrected chi connectivity index (χ2v) is 9.00. The number of amides is 1. The van der Waals surface area contributed by atoms with Gasteiger partial charge in [-0.2, -0.15) is 18.3 Å². The number of hydrogen-bond acceptors (Lipinski definition) is 9. The van der Waals surface area contributed by atoms with Gasteiger partial charge in [0.25, 0.3) is 0 Å². The Hall–Kier alpha value is -2.71. The predicted octanol–water partition coefficient (Wildman–Crippen LogP) is 3.46. The number of ether oxygens (including phenoxy) is 1. The average Bonchev–Trinajstić information content (AvgIpc) is 3.53. The lowest BCUT2D eigenvalue weighted by Gasteiger charge is -2.14. The van der Waals surface area contributed by atoms with Gasteiger partial charge in [0.05, 0.1) is 28.8 Å². The number of thioether (sulfide) groups is 1. The van der Waals surface area contributed by atoms with E-state index in [9.17, 15) is 18.0 Å². The van der Waals surface area contributed by atoms with E-state index < -0.39 is 17.6 Å². The number of nitrogens with one attached hydrogen (secondary N) is 2. The highest BCUT2D eigenvalue weighted by Gasteiger charge is 2.31. The van der Waals surface area contributed by atoms with Gasteiger partial charge in [-0.1, -0.05) is 23.1 Å². The van der Waals surface area contributed by atoms with Crippen molar-refractivity contribution in [1.82, 2.24) is 25.0 Å². The molecule has 1 saturated heterocycles. The minimum Gasteiger partial charge on any atom is -0.376 e. The first kappa shape index (κ1) is 22.5. The molecule has 170 valence electrons. The first-order chi connectivity index (χ1) is 15.4. The summed E-state index contributed by atoms with van der Waals surface area (Å²) in [6.07, 6.45) is 0.239. The molecule has 0 unspecified atom stereocenters. The summed E-state index contributed by atoms with van der Waals surface area (Å²) in [5, 5.41) is 18.3. The molecule has 3 heterocycles. The van der Waals surface area contributed by atoms with Crippen LogP contribution in [0.1, 0.15) is 18.4 Å². The average molecular weight is 486 g/mol. The molecule has 32 heavy (non-hydrogen) atoms. The van der Waals surface area contributed by atoms with Gasteiger partial charge >= 0.3 is 6.18 Å². The number of nitrogens with zero attached hydrogens (tertiary/aromatic N) is 5. The highest BCUT2D eigenvalue weighted by atomic mass is 32.2. The Balaban J connectivity index is 1.37. The van der Waals surface area contributed by atoms with Crippen LogP contribution in [0.15, 0.2) is 35.2 Å². The molecular formula is C18H18F3N7O2S2. The van der Waals surface area contributed by atoms with E-state index in [0.717, 1.165) is 43.3 Å². The van der Waals surface area contributed by atoms with Crippen LogP contribution < -0.4 is 10.6 Å². The lowest BCUT2D eigenvalue weighted by molar-refractivity contribution is -0.137. The molecule has 3 aromatic rings. The molecule has 1 aliphatic heterocycles. The Labute approximate surface area is 188 Å². The molecule has 2 aromatic heterocycles. The number of aromatic nitrogens is 5. The first-order valence-corrected chi connectivity index (χ1v) is 11.4. The molecule has 0 bridgehead atoms. The van der Waals surface area contributed by atoms with Crippen molar-refractivity contribution in [2.24, 2.45) is 0 Å². The third-order valence-corrected chi connectivity index (χ3v) is 6.52. The summed E-state index contributed by atoms with van der Waals surface area (Å²) >= 11 is 2.44. The van der Waals surface area contributed by atoms with Crippen molar-refractivity contribution in [1.29, 1.82) is 0 Å². The van der Waals surface area contributed by atoms with Crippen LogP contribution >= 0.6 is 23.1 Å². The number of carbonyl (C=O) groups excluding carboxylic acids is 1.